The summed E-state index contributed by atoms with van der Waals surface area (Å²) >= 11 is 0. The molecule has 4 nitrogen and oxygen atoms in total. The van der Waals surface area contributed by atoms with E-state index in [0.29, 0.717) is 5.56 Å². The molecule has 0 aromatic heterocycles. The van der Waals surface area contributed by atoms with E-state index in [0.717, 1.165) is 25.6 Å². The summed E-state index contributed by atoms with van der Waals surface area (Å²) in [5.74, 6) is -1.38. The topological polar surface area (TPSA) is 66.4 Å². The highest BCUT2D eigenvalue weighted by Gasteiger charge is 2.26. The zero-order valence-corrected chi connectivity index (χ0v) is 10.2. The van der Waals surface area contributed by atoms with Crippen LogP contribution in [0.4, 0.5) is 4.39 Å². The van der Waals surface area contributed by atoms with Gasteiger partial charge < -0.3 is 10.4 Å². The number of phenols is 1. The lowest BCUT2D eigenvalue weighted by Gasteiger charge is -2.14. The number of phenolic OH excluding ortho intramolecular Hbond substituents is 1. The second kappa shape index (κ2) is 4.27. The molecule has 0 spiro atoms. The molecule has 1 heterocycles. The third-order valence-electron chi connectivity index (χ3n) is 2.91. The van der Waals surface area contributed by atoms with Crippen molar-refractivity contribution < 1.29 is 17.9 Å². The standard InChI is InChI=1S/C11H14FNO3S/c1-17(15,16)11-9(14)5-4-7(10(11)12)8-3-2-6-13-8/h4-5,8,13-14H,2-3,6H2,1H3. The van der Waals surface area contributed by atoms with Crippen LogP contribution in [0.15, 0.2) is 17.0 Å². The van der Waals surface area contributed by atoms with Crippen molar-refractivity contribution in [3.63, 3.8) is 0 Å². The first kappa shape index (κ1) is 12.3. The molecular weight excluding hydrogens is 245 g/mol. The van der Waals surface area contributed by atoms with Gasteiger partial charge in [-0.05, 0) is 25.5 Å². The molecule has 17 heavy (non-hydrogen) atoms. The maximum Gasteiger partial charge on any atom is 0.182 e. The van der Waals surface area contributed by atoms with Crippen molar-refractivity contribution in [2.45, 2.75) is 23.8 Å². The third-order valence-corrected chi connectivity index (χ3v) is 4.04. The van der Waals surface area contributed by atoms with Crippen molar-refractivity contribution in [1.29, 1.82) is 0 Å². The monoisotopic (exact) mass is 259 g/mol. The van der Waals surface area contributed by atoms with Crippen LogP contribution < -0.4 is 5.32 Å². The Labute approximate surface area is 99.4 Å². The minimum Gasteiger partial charge on any atom is -0.506 e. The molecule has 0 aliphatic carbocycles. The van der Waals surface area contributed by atoms with E-state index in [1.165, 1.54) is 12.1 Å². The summed E-state index contributed by atoms with van der Waals surface area (Å²) < 4.78 is 36.9. The Morgan fingerprint density at radius 3 is 2.71 bits per heavy atom. The van der Waals surface area contributed by atoms with E-state index >= 15 is 0 Å². The summed E-state index contributed by atoms with van der Waals surface area (Å²) in [6, 6.07) is 2.49. The van der Waals surface area contributed by atoms with Crippen LogP contribution in [0.2, 0.25) is 0 Å². The number of hydrogen-bond donors (Lipinski definition) is 2. The van der Waals surface area contributed by atoms with Crippen LogP contribution in [0, 0.1) is 5.82 Å². The van der Waals surface area contributed by atoms with E-state index in [-0.39, 0.29) is 6.04 Å². The lowest BCUT2D eigenvalue weighted by atomic mass is 10.0. The first-order valence-electron chi connectivity index (χ1n) is 5.36. The molecule has 1 fully saturated rings. The van der Waals surface area contributed by atoms with Gasteiger partial charge in [-0.25, -0.2) is 12.8 Å². The largest absolute Gasteiger partial charge is 0.506 e. The number of hydrogen-bond acceptors (Lipinski definition) is 4. The van der Waals surface area contributed by atoms with Crippen LogP contribution in [-0.4, -0.2) is 26.3 Å². The number of rotatable bonds is 2. The molecule has 2 N–H and O–H groups in total. The van der Waals surface area contributed by atoms with Gasteiger partial charge in [-0.15, -0.1) is 0 Å². The Kier molecular flexibility index (Phi) is 3.09. The fourth-order valence-electron chi connectivity index (χ4n) is 2.13. The highest BCUT2D eigenvalue weighted by atomic mass is 32.2. The van der Waals surface area contributed by atoms with E-state index in [4.69, 9.17) is 0 Å². The van der Waals surface area contributed by atoms with E-state index in [1.54, 1.807) is 0 Å². The zero-order valence-electron chi connectivity index (χ0n) is 9.40. The molecule has 6 heteroatoms. The number of sulfone groups is 1. The second-order valence-electron chi connectivity index (χ2n) is 4.24. The average molecular weight is 259 g/mol. The second-order valence-corrected chi connectivity index (χ2v) is 6.19. The van der Waals surface area contributed by atoms with Gasteiger partial charge in [-0.1, -0.05) is 6.07 Å². The molecule has 2 rings (SSSR count). The molecule has 1 aliphatic heterocycles. The third kappa shape index (κ3) is 2.28. The van der Waals surface area contributed by atoms with Gasteiger partial charge in [0, 0.05) is 17.9 Å². The molecule has 0 bridgehead atoms. The average Bonchev–Trinajstić information content (AvgIpc) is 2.68. The SMILES string of the molecule is CS(=O)(=O)c1c(O)ccc(C2CCCN2)c1F. The van der Waals surface area contributed by atoms with Crippen molar-refractivity contribution in [2.24, 2.45) is 0 Å². The molecule has 94 valence electrons. The Morgan fingerprint density at radius 2 is 2.18 bits per heavy atom. The van der Waals surface area contributed by atoms with E-state index < -0.39 is 26.3 Å². The quantitative estimate of drug-likeness (QED) is 0.841. The smallest absolute Gasteiger partial charge is 0.182 e. The summed E-state index contributed by atoms with van der Waals surface area (Å²) in [4.78, 5) is -0.608. The molecule has 1 atom stereocenters. The molecular formula is C11H14FNO3S. The normalized spacial score (nSPS) is 20.7. The minimum atomic E-state index is -3.77. The summed E-state index contributed by atoms with van der Waals surface area (Å²) in [7, 11) is -3.77. The van der Waals surface area contributed by atoms with Crippen LogP contribution in [0.25, 0.3) is 0 Å². The van der Waals surface area contributed by atoms with Gasteiger partial charge >= 0.3 is 0 Å². The van der Waals surface area contributed by atoms with Crippen LogP contribution >= 0.6 is 0 Å². The maximum atomic E-state index is 14.1. The molecule has 1 unspecified atom stereocenters. The molecule has 1 aromatic rings. The maximum absolute atomic E-state index is 14.1. The highest BCUT2D eigenvalue weighted by Crippen LogP contribution is 2.33. The highest BCUT2D eigenvalue weighted by molar-refractivity contribution is 7.90. The van der Waals surface area contributed by atoms with Crippen molar-refractivity contribution >= 4 is 9.84 Å². The van der Waals surface area contributed by atoms with Crippen LogP contribution in [0.1, 0.15) is 24.4 Å². The summed E-state index contributed by atoms with van der Waals surface area (Å²) in [5.41, 5.74) is 0.306. The fraction of sp³-hybridized carbons (Fsp3) is 0.455. The van der Waals surface area contributed by atoms with Crippen LogP contribution in [0.3, 0.4) is 0 Å². The summed E-state index contributed by atoms with van der Waals surface area (Å²) in [6.07, 6.45) is 2.58. The Hall–Kier alpha value is -1.14. The Morgan fingerprint density at radius 1 is 1.47 bits per heavy atom. The zero-order chi connectivity index (χ0) is 12.6. The van der Waals surface area contributed by atoms with Gasteiger partial charge in [0.15, 0.2) is 9.84 Å². The predicted octanol–water partition coefficient (Wildman–Crippen LogP) is 1.36. The van der Waals surface area contributed by atoms with E-state index in [9.17, 15) is 17.9 Å². The van der Waals surface area contributed by atoms with Crippen molar-refractivity contribution in [3.8, 4) is 5.75 Å². The van der Waals surface area contributed by atoms with Crippen molar-refractivity contribution in [2.75, 3.05) is 12.8 Å². The Balaban J connectivity index is 2.57. The summed E-state index contributed by atoms with van der Waals surface area (Å²) in [5, 5.41) is 12.6. The van der Waals surface area contributed by atoms with Gasteiger partial charge in [0.2, 0.25) is 0 Å². The first-order valence-corrected chi connectivity index (χ1v) is 7.25. The lowest BCUT2D eigenvalue weighted by Crippen LogP contribution is -2.16. The van der Waals surface area contributed by atoms with Gasteiger partial charge in [-0.2, -0.15) is 0 Å². The van der Waals surface area contributed by atoms with Gasteiger partial charge in [0.05, 0.1) is 0 Å². The molecule has 0 saturated carbocycles. The van der Waals surface area contributed by atoms with E-state index in [1.807, 2.05) is 0 Å². The van der Waals surface area contributed by atoms with Crippen LogP contribution in [0.5, 0.6) is 5.75 Å². The van der Waals surface area contributed by atoms with Crippen molar-refractivity contribution in [1.82, 2.24) is 5.32 Å². The van der Waals surface area contributed by atoms with Gasteiger partial charge in [0.25, 0.3) is 0 Å². The lowest BCUT2D eigenvalue weighted by molar-refractivity contribution is 0.438. The van der Waals surface area contributed by atoms with Gasteiger partial charge in [-0.3, -0.25) is 0 Å². The van der Waals surface area contributed by atoms with Crippen molar-refractivity contribution in [3.05, 3.63) is 23.5 Å². The summed E-state index contributed by atoms with van der Waals surface area (Å²) in [6.45, 7) is 0.791. The molecule has 1 aliphatic rings. The number of halogens is 1. The molecule has 1 aromatic carbocycles. The minimum absolute atomic E-state index is 0.170. The fourth-order valence-corrected chi connectivity index (χ4v) is 3.02. The van der Waals surface area contributed by atoms with Crippen LogP contribution in [-0.2, 0) is 9.84 Å². The Bertz CT molecular complexity index is 536. The molecule has 1 saturated heterocycles. The molecule has 0 radical (unpaired) electrons. The molecule has 0 amide bonds. The van der Waals surface area contributed by atoms with E-state index in [2.05, 4.69) is 5.32 Å². The first-order chi connectivity index (χ1) is 7.91. The van der Waals surface area contributed by atoms with Gasteiger partial charge in [0.1, 0.15) is 16.5 Å². The number of nitrogens with one attached hydrogen (secondary N) is 1. The number of aromatic hydroxyl groups is 1. The predicted molar refractivity (Wildman–Crippen MR) is 61.2 cm³/mol. The number of benzene rings is 1.